The van der Waals surface area contributed by atoms with E-state index in [9.17, 15) is 0 Å². The molecule has 0 N–H and O–H groups in total. The molecule has 0 saturated carbocycles. The Morgan fingerprint density at radius 3 is 2.40 bits per heavy atom. The number of halogens is 1. The fraction of sp³-hybridized carbons (Fsp3) is 0.333. The topological polar surface area (TPSA) is 18.5 Å². The lowest BCUT2D eigenvalue weighted by atomic mass is 10.3. The molecule has 1 atom stereocenters. The SMILES string of the molecule is COc1ccc(OC2CCC=C2Br)cc1. The monoisotopic (exact) mass is 268 g/mol. The summed E-state index contributed by atoms with van der Waals surface area (Å²) in [5.74, 6) is 1.73. The van der Waals surface area contributed by atoms with Crippen LogP contribution in [0.1, 0.15) is 12.8 Å². The lowest BCUT2D eigenvalue weighted by Crippen LogP contribution is -2.12. The van der Waals surface area contributed by atoms with Crippen LogP contribution in [0.3, 0.4) is 0 Å². The molecule has 0 fully saturated rings. The van der Waals surface area contributed by atoms with Gasteiger partial charge in [0.15, 0.2) is 0 Å². The van der Waals surface area contributed by atoms with E-state index in [1.54, 1.807) is 7.11 Å². The summed E-state index contributed by atoms with van der Waals surface area (Å²) in [7, 11) is 1.66. The van der Waals surface area contributed by atoms with E-state index in [2.05, 4.69) is 22.0 Å². The number of allylic oxidation sites excluding steroid dienone is 1. The van der Waals surface area contributed by atoms with E-state index in [1.165, 1.54) is 0 Å². The second kappa shape index (κ2) is 4.71. The van der Waals surface area contributed by atoms with Crippen LogP contribution in [0.25, 0.3) is 0 Å². The van der Waals surface area contributed by atoms with Crippen LogP contribution in [-0.4, -0.2) is 13.2 Å². The molecule has 0 saturated heterocycles. The van der Waals surface area contributed by atoms with Crippen molar-refractivity contribution in [2.24, 2.45) is 0 Å². The number of hydrogen-bond acceptors (Lipinski definition) is 2. The first kappa shape index (κ1) is 10.6. The van der Waals surface area contributed by atoms with Gasteiger partial charge in [-0.2, -0.15) is 0 Å². The van der Waals surface area contributed by atoms with Gasteiger partial charge in [0.2, 0.25) is 0 Å². The Kier molecular flexibility index (Phi) is 3.31. The quantitative estimate of drug-likeness (QED) is 0.835. The van der Waals surface area contributed by atoms with Crippen molar-refractivity contribution >= 4 is 15.9 Å². The third kappa shape index (κ3) is 2.53. The third-order valence-corrected chi connectivity index (χ3v) is 3.25. The molecule has 0 heterocycles. The van der Waals surface area contributed by atoms with Crippen LogP contribution in [0.15, 0.2) is 34.8 Å². The summed E-state index contributed by atoms with van der Waals surface area (Å²) < 4.78 is 12.1. The van der Waals surface area contributed by atoms with E-state index >= 15 is 0 Å². The molecule has 0 spiro atoms. The summed E-state index contributed by atoms with van der Waals surface area (Å²) in [6.45, 7) is 0. The number of methoxy groups -OCH3 is 1. The molecule has 1 aliphatic rings. The molecule has 0 bridgehead atoms. The molecule has 3 heteroatoms. The van der Waals surface area contributed by atoms with E-state index in [0.29, 0.717) is 0 Å². The first-order chi connectivity index (χ1) is 7.29. The highest BCUT2D eigenvalue weighted by Crippen LogP contribution is 2.29. The first-order valence-corrected chi connectivity index (χ1v) is 5.75. The van der Waals surface area contributed by atoms with Gasteiger partial charge in [-0.05, 0) is 37.1 Å². The van der Waals surface area contributed by atoms with Gasteiger partial charge in [-0.25, -0.2) is 0 Å². The molecule has 15 heavy (non-hydrogen) atoms. The van der Waals surface area contributed by atoms with Crippen molar-refractivity contribution in [3.05, 3.63) is 34.8 Å². The fourth-order valence-corrected chi connectivity index (χ4v) is 2.13. The van der Waals surface area contributed by atoms with Gasteiger partial charge < -0.3 is 9.47 Å². The van der Waals surface area contributed by atoms with Gasteiger partial charge in [-0.15, -0.1) is 0 Å². The molecule has 2 nitrogen and oxygen atoms in total. The Hall–Kier alpha value is -0.960. The Balaban J connectivity index is 2.01. The number of hydrogen-bond donors (Lipinski definition) is 0. The summed E-state index contributed by atoms with van der Waals surface area (Å²) in [6, 6.07) is 7.67. The zero-order valence-electron chi connectivity index (χ0n) is 8.57. The highest BCUT2D eigenvalue weighted by atomic mass is 79.9. The maximum absolute atomic E-state index is 5.82. The summed E-state index contributed by atoms with van der Waals surface area (Å²) in [5, 5.41) is 0. The molecule has 2 rings (SSSR count). The fourth-order valence-electron chi connectivity index (χ4n) is 1.58. The maximum Gasteiger partial charge on any atom is 0.130 e. The zero-order chi connectivity index (χ0) is 10.7. The van der Waals surface area contributed by atoms with Gasteiger partial charge in [-0.3, -0.25) is 0 Å². The highest BCUT2D eigenvalue weighted by Gasteiger charge is 2.18. The number of rotatable bonds is 3. The summed E-state index contributed by atoms with van der Waals surface area (Å²) in [6.07, 6.45) is 4.47. The smallest absolute Gasteiger partial charge is 0.130 e. The highest BCUT2D eigenvalue weighted by molar-refractivity contribution is 9.11. The van der Waals surface area contributed by atoms with Crippen LogP contribution in [0, 0.1) is 0 Å². The summed E-state index contributed by atoms with van der Waals surface area (Å²) in [4.78, 5) is 0. The van der Waals surface area contributed by atoms with Crippen LogP contribution in [0.4, 0.5) is 0 Å². The molecule has 0 radical (unpaired) electrons. The van der Waals surface area contributed by atoms with E-state index in [-0.39, 0.29) is 6.10 Å². The maximum atomic E-state index is 5.82. The minimum absolute atomic E-state index is 0.179. The Bertz CT molecular complexity index is 356. The van der Waals surface area contributed by atoms with E-state index in [1.807, 2.05) is 24.3 Å². The predicted octanol–water partition coefficient (Wildman–Crippen LogP) is 3.52. The van der Waals surface area contributed by atoms with E-state index in [4.69, 9.17) is 9.47 Å². The molecule has 0 aliphatic heterocycles. The predicted molar refractivity (Wildman–Crippen MR) is 63.7 cm³/mol. The number of benzene rings is 1. The minimum atomic E-state index is 0.179. The molecule has 1 aromatic rings. The van der Waals surface area contributed by atoms with E-state index < -0.39 is 0 Å². The van der Waals surface area contributed by atoms with Crippen LogP contribution in [-0.2, 0) is 0 Å². The van der Waals surface area contributed by atoms with Crippen LogP contribution < -0.4 is 9.47 Å². The average Bonchev–Trinajstić information content (AvgIpc) is 2.66. The van der Waals surface area contributed by atoms with Crippen molar-refractivity contribution in [3.63, 3.8) is 0 Å². The van der Waals surface area contributed by atoms with Gasteiger partial charge in [-0.1, -0.05) is 22.0 Å². The van der Waals surface area contributed by atoms with Crippen molar-refractivity contribution in [1.82, 2.24) is 0 Å². The summed E-state index contributed by atoms with van der Waals surface area (Å²) >= 11 is 3.50. The Labute approximate surface area is 98.0 Å². The normalized spacial score (nSPS) is 19.9. The van der Waals surface area contributed by atoms with Crippen molar-refractivity contribution in [1.29, 1.82) is 0 Å². The minimum Gasteiger partial charge on any atom is -0.497 e. The standard InChI is InChI=1S/C12H13BrO2/c1-14-9-5-7-10(8-6-9)15-12-4-2-3-11(12)13/h3,5-8,12H,2,4H2,1H3. The average molecular weight is 269 g/mol. The molecule has 1 unspecified atom stereocenters. The lowest BCUT2D eigenvalue weighted by molar-refractivity contribution is 0.246. The zero-order valence-corrected chi connectivity index (χ0v) is 10.2. The lowest BCUT2D eigenvalue weighted by Gasteiger charge is -2.14. The van der Waals surface area contributed by atoms with Gasteiger partial charge >= 0.3 is 0 Å². The van der Waals surface area contributed by atoms with Crippen molar-refractivity contribution in [2.75, 3.05) is 7.11 Å². The molecule has 1 aliphatic carbocycles. The van der Waals surface area contributed by atoms with Gasteiger partial charge in [0, 0.05) is 4.48 Å². The van der Waals surface area contributed by atoms with Gasteiger partial charge in [0.05, 0.1) is 7.11 Å². The van der Waals surface area contributed by atoms with E-state index in [0.717, 1.165) is 28.8 Å². The van der Waals surface area contributed by atoms with Gasteiger partial charge in [0.1, 0.15) is 17.6 Å². The Morgan fingerprint density at radius 2 is 1.87 bits per heavy atom. The van der Waals surface area contributed by atoms with Crippen molar-refractivity contribution in [3.8, 4) is 11.5 Å². The van der Waals surface area contributed by atoms with Gasteiger partial charge in [0.25, 0.3) is 0 Å². The molecular weight excluding hydrogens is 256 g/mol. The molecule has 1 aromatic carbocycles. The second-order valence-electron chi connectivity index (χ2n) is 3.45. The Morgan fingerprint density at radius 1 is 1.20 bits per heavy atom. The molecule has 80 valence electrons. The first-order valence-electron chi connectivity index (χ1n) is 4.96. The van der Waals surface area contributed by atoms with Crippen LogP contribution in [0.5, 0.6) is 11.5 Å². The molecular formula is C12H13BrO2. The second-order valence-corrected chi connectivity index (χ2v) is 4.36. The molecule has 0 aromatic heterocycles. The number of ether oxygens (including phenoxy) is 2. The van der Waals surface area contributed by atoms with Crippen LogP contribution in [0.2, 0.25) is 0 Å². The van der Waals surface area contributed by atoms with Crippen molar-refractivity contribution < 1.29 is 9.47 Å². The molecule has 0 amide bonds. The summed E-state index contributed by atoms with van der Waals surface area (Å²) in [5.41, 5.74) is 0. The largest absolute Gasteiger partial charge is 0.497 e. The van der Waals surface area contributed by atoms with Crippen LogP contribution >= 0.6 is 15.9 Å². The third-order valence-electron chi connectivity index (χ3n) is 2.41. The van der Waals surface area contributed by atoms with Crippen molar-refractivity contribution in [2.45, 2.75) is 18.9 Å².